The summed E-state index contributed by atoms with van der Waals surface area (Å²) in [5.74, 6) is 2.28. The largest absolute Gasteiger partial charge is 0.454 e. The van der Waals surface area contributed by atoms with Gasteiger partial charge >= 0.3 is 0 Å². The Morgan fingerprint density at radius 1 is 1.10 bits per heavy atom. The summed E-state index contributed by atoms with van der Waals surface area (Å²) in [6, 6.07) is 7.99. The van der Waals surface area contributed by atoms with E-state index in [1.165, 1.54) is 0 Å². The Morgan fingerprint density at radius 2 is 1.97 bits per heavy atom. The Morgan fingerprint density at radius 3 is 2.76 bits per heavy atom. The molecule has 1 atom stereocenters. The molecule has 8 heteroatoms. The molecule has 0 aliphatic carbocycles. The number of hydrogen-bond donors (Lipinski definition) is 0. The maximum Gasteiger partial charge on any atom is 0.293 e. The van der Waals surface area contributed by atoms with E-state index < -0.39 is 0 Å². The van der Waals surface area contributed by atoms with Crippen LogP contribution < -0.4 is 19.4 Å². The molecular formula is C21H23N4O4+. The zero-order valence-corrected chi connectivity index (χ0v) is 16.1. The highest BCUT2D eigenvalue weighted by Gasteiger charge is 2.32. The zero-order valence-electron chi connectivity index (χ0n) is 16.1. The van der Waals surface area contributed by atoms with E-state index in [0.29, 0.717) is 43.3 Å². The van der Waals surface area contributed by atoms with Crippen LogP contribution in [0.25, 0.3) is 10.9 Å². The number of carbonyl (C=O) groups is 1. The van der Waals surface area contributed by atoms with Gasteiger partial charge in [0, 0.05) is 31.0 Å². The van der Waals surface area contributed by atoms with Gasteiger partial charge < -0.3 is 19.1 Å². The second-order valence-corrected chi connectivity index (χ2v) is 7.60. The van der Waals surface area contributed by atoms with Crippen LogP contribution in [-0.4, -0.2) is 56.5 Å². The molecule has 2 aromatic rings. The van der Waals surface area contributed by atoms with Crippen molar-refractivity contribution in [3.63, 3.8) is 0 Å². The van der Waals surface area contributed by atoms with E-state index in [-0.39, 0.29) is 18.8 Å². The van der Waals surface area contributed by atoms with Crippen molar-refractivity contribution in [2.75, 3.05) is 44.5 Å². The van der Waals surface area contributed by atoms with Crippen LogP contribution in [0.3, 0.4) is 0 Å². The number of carbonyl (C=O) groups excluding carboxylic acids is 1. The van der Waals surface area contributed by atoms with Gasteiger partial charge in [-0.2, -0.15) is 5.26 Å². The predicted octanol–water partition coefficient (Wildman–Crippen LogP) is 1.47. The first-order valence-electron chi connectivity index (χ1n) is 10.1. The molecule has 1 aromatic carbocycles. The number of hydrogen-bond acceptors (Lipinski definition) is 6. The number of pyridine rings is 1. The lowest BCUT2D eigenvalue weighted by Gasteiger charge is -2.22. The second-order valence-electron chi connectivity index (χ2n) is 7.60. The van der Waals surface area contributed by atoms with Gasteiger partial charge in [-0.15, -0.1) is 0 Å². The minimum absolute atomic E-state index is 0.0973. The van der Waals surface area contributed by atoms with Crippen LogP contribution in [0.4, 0.5) is 5.82 Å². The van der Waals surface area contributed by atoms with Gasteiger partial charge in [0.15, 0.2) is 11.5 Å². The van der Waals surface area contributed by atoms with Crippen LogP contribution in [0.15, 0.2) is 18.2 Å². The average Bonchev–Trinajstić information content (AvgIpc) is 3.37. The molecule has 4 heterocycles. The lowest BCUT2D eigenvalue weighted by atomic mass is 10.1. The van der Waals surface area contributed by atoms with E-state index in [9.17, 15) is 10.1 Å². The zero-order chi connectivity index (χ0) is 19.8. The quantitative estimate of drug-likeness (QED) is 0.765. The van der Waals surface area contributed by atoms with Crippen LogP contribution in [0, 0.1) is 11.3 Å². The molecule has 3 aliphatic heterocycles. The molecule has 1 N–H and O–H groups in total. The van der Waals surface area contributed by atoms with E-state index >= 15 is 0 Å². The van der Waals surface area contributed by atoms with E-state index in [2.05, 4.69) is 16.0 Å². The molecule has 0 unspecified atom stereocenters. The van der Waals surface area contributed by atoms with E-state index in [1.807, 2.05) is 23.1 Å². The van der Waals surface area contributed by atoms with Gasteiger partial charge in [0.2, 0.25) is 6.79 Å². The van der Waals surface area contributed by atoms with E-state index in [4.69, 9.17) is 14.2 Å². The summed E-state index contributed by atoms with van der Waals surface area (Å²) in [4.78, 5) is 20.2. The summed E-state index contributed by atoms with van der Waals surface area (Å²) in [5, 5.41) is 10.6. The van der Waals surface area contributed by atoms with Gasteiger partial charge in [-0.25, -0.2) is 4.98 Å². The molecule has 150 valence electrons. The summed E-state index contributed by atoms with van der Waals surface area (Å²) < 4.78 is 16.5. The molecule has 3 aliphatic rings. The lowest BCUT2D eigenvalue weighted by Crippen LogP contribution is -2.41. The molecule has 0 saturated carbocycles. The number of nitrogens with zero attached hydrogens (tertiary/aromatic N) is 3. The van der Waals surface area contributed by atoms with Gasteiger partial charge in [0.1, 0.15) is 29.8 Å². The Labute approximate surface area is 168 Å². The van der Waals surface area contributed by atoms with E-state index in [0.717, 1.165) is 42.5 Å². The number of H-pyrrole nitrogens is 1. The average molecular weight is 395 g/mol. The Bertz CT molecular complexity index is 996. The second kappa shape index (κ2) is 7.41. The number of aromatic amines is 1. The van der Waals surface area contributed by atoms with E-state index in [1.54, 1.807) is 0 Å². The summed E-state index contributed by atoms with van der Waals surface area (Å²) in [7, 11) is 0. The highest BCUT2D eigenvalue weighted by molar-refractivity contribution is 5.83. The standard InChI is InChI=1S/C21H22N4O4/c22-12-15-9-14-10-18-19(29-13-28-18)11-16(14)23-20(15)24-4-2-5-25(7-6-24)21(26)17-3-1-8-27-17/h9-11,17H,1-8,13H2/p+1/t17-/m1/s1. The smallest absolute Gasteiger partial charge is 0.293 e. The normalized spacial score (nSPS) is 21.3. The number of anilines is 1. The molecule has 29 heavy (non-hydrogen) atoms. The van der Waals surface area contributed by atoms with Crippen molar-refractivity contribution in [2.24, 2.45) is 0 Å². The van der Waals surface area contributed by atoms with Gasteiger partial charge in [-0.1, -0.05) is 0 Å². The molecular weight excluding hydrogens is 372 g/mol. The number of aromatic nitrogens is 1. The van der Waals surface area contributed by atoms with Gasteiger partial charge in [0.25, 0.3) is 11.7 Å². The summed E-state index contributed by atoms with van der Waals surface area (Å²) in [6.07, 6.45) is 2.32. The number of fused-ring (bicyclic) bond motifs is 2. The van der Waals surface area contributed by atoms with Gasteiger partial charge in [-0.05, 0) is 25.0 Å². The number of amides is 1. The van der Waals surface area contributed by atoms with Crippen LogP contribution >= 0.6 is 0 Å². The maximum atomic E-state index is 12.7. The number of ether oxygens (including phenoxy) is 3. The fourth-order valence-corrected chi connectivity index (χ4v) is 4.28. The van der Waals surface area contributed by atoms with Crippen molar-refractivity contribution in [1.82, 2.24) is 4.90 Å². The molecule has 1 aromatic heterocycles. The number of nitrogens with one attached hydrogen (secondary N) is 1. The molecule has 0 radical (unpaired) electrons. The minimum atomic E-state index is -0.284. The first-order chi connectivity index (χ1) is 14.2. The van der Waals surface area contributed by atoms with Crippen molar-refractivity contribution < 1.29 is 24.0 Å². The fourth-order valence-electron chi connectivity index (χ4n) is 4.28. The first-order valence-corrected chi connectivity index (χ1v) is 10.1. The molecule has 5 rings (SSSR count). The third-order valence-corrected chi connectivity index (χ3v) is 5.80. The highest BCUT2D eigenvalue weighted by atomic mass is 16.7. The monoisotopic (exact) mass is 395 g/mol. The topological polar surface area (TPSA) is 89.2 Å². The third kappa shape index (κ3) is 3.32. The number of benzene rings is 1. The maximum absolute atomic E-state index is 12.7. The van der Waals surface area contributed by atoms with Crippen LogP contribution in [-0.2, 0) is 9.53 Å². The number of nitriles is 1. The Balaban J connectivity index is 1.40. The third-order valence-electron chi connectivity index (χ3n) is 5.80. The molecule has 0 bridgehead atoms. The Kier molecular flexibility index (Phi) is 4.60. The molecule has 8 nitrogen and oxygen atoms in total. The fraction of sp³-hybridized carbons (Fsp3) is 0.476. The van der Waals surface area contributed by atoms with Crippen LogP contribution in [0.5, 0.6) is 11.5 Å². The summed E-state index contributed by atoms with van der Waals surface area (Å²) >= 11 is 0. The number of rotatable bonds is 2. The van der Waals surface area contributed by atoms with Crippen molar-refractivity contribution >= 4 is 22.6 Å². The Hall–Kier alpha value is -3.05. The van der Waals surface area contributed by atoms with Crippen molar-refractivity contribution in [3.8, 4) is 17.6 Å². The van der Waals surface area contributed by atoms with Gasteiger partial charge in [0.05, 0.1) is 13.1 Å². The molecule has 1 amide bonds. The van der Waals surface area contributed by atoms with Crippen molar-refractivity contribution in [1.29, 1.82) is 5.26 Å². The predicted molar refractivity (Wildman–Crippen MR) is 104 cm³/mol. The SMILES string of the molecule is N#Cc1cc2cc3c(cc2[nH+]c1N1CCCN(C(=O)[C@H]2CCCO2)CC1)OCO3. The van der Waals surface area contributed by atoms with Crippen LogP contribution in [0.1, 0.15) is 24.8 Å². The first kappa shape index (κ1) is 18.0. The minimum Gasteiger partial charge on any atom is -0.454 e. The molecule has 2 fully saturated rings. The molecule has 0 spiro atoms. The summed E-state index contributed by atoms with van der Waals surface area (Å²) in [5.41, 5.74) is 1.47. The lowest BCUT2D eigenvalue weighted by molar-refractivity contribution is -0.330. The van der Waals surface area contributed by atoms with Crippen molar-refractivity contribution in [2.45, 2.75) is 25.4 Å². The van der Waals surface area contributed by atoms with Gasteiger partial charge in [-0.3, -0.25) is 9.69 Å². The highest BCUT2D eigenvalue weighted by Crippen LogP contribution is 2.35. The van der Waals surface area contributed by atoms with Crippen molar-refractivity contribution in [3.05, 3.63) is 23.8 Å². The van der Waals surface area contributed by atoms with Crippen LogP contribution in [0.2, 0.25) is 0 Å². The molecule has 2 saturated heterocycles. The summed E-state index contributed by atoms with van der Waals surface area (Å²) in [6.45, 7) is 3.66.